The molecule has 1 heterocycles. The average Bonchev–Trinajstić information content (AvgIpc) is 2.57. The molecule has 1 amide bonds. The molecule has 0 aromatic heterocycles. The van der Waals surface area contributed by atoms with Crippen LogP contribution in [0.3, 0.4) is 0 Å². The van der Waals surface area contributed by atoms with Gasteiger partial charge in [0.1, 0.15) is 0 Å². The zero-order valence-corrected chi connectivity index (χ0v) is 14.9. The van der Waals surface area contributed by atoms with Crippen LogP contribution >= 0.6 is 12.4 Å². The van der Waals surface area contributed by atoms with Gasteiger partial charge in [-0.1, -0.05) is 12.1 Å². The molecular formula is C18H27ClN2O3. The first-order chi connectivity index (χ1) is 11.0. The number of nitrogens with zero attached hydrogens (tertiary/aromatic N) is 1. The van der Waals surface area contributed by atoms with Gasteiger partial charge >= 0.3 is 0 Å². The number of carbonyl (C=O) groups excluding carboxylic acids is 1. The Morgan fingerprint density at radius 2 is 1.96 bits per heavy atom. The largest absolute Gasteiger partial charge is 0.399 e. The van der Waals surface area contributed by atoms with E-state index in [1.54, 1.807) is 0 Å². The number of anilines is 1. The lowest BCUT2D eigenvalue weighted by atomic mass is 9.58. The Morgan fingerprint density at radius 3 is 2.50 bits per heavy atom. The normalized spacial score (nSPS) is 25.0. The van der Waals surface area contributed by atoms with Crippen molar-refractivity contribution in [3.63, 3.8) is 0 Å². The van der Waals surface area contributed by atoms with Crippen molar-refractivity contribution < 1.29 is 14.6 Å². The van der Waals surface area contributed by atoms with Gasteiger partial charge in [0.15, 0.2) is 0 Å². The molecule has 6 heteroatoms. The minimum absolute atomic E-state index is 0. The summed E-state index contributed by atoms with van der Waals surface area (Å²) >= 11 is 0. The van der Waals surface area contributed by atoms with E-state index >= 15 is 0 Å². The van der Waals surface area contributed by atoms with Gasteiger partial charge in [-0.05, 0) is 37.5 Å². The molecule has 0 radical (unpaired) electrons. The van der Waals surface area contributed by atoms with Crippen molar-refractivity contribution in [1.82, 2.24) is 4.90 Å². The molecule has 1 saturated carbocycles. The first-order valence-corrected chi connectivity index (χ1v) is 8.47. The number of ether oxygens (including phenoxy) is 1. The zero-order chi connectivity index (χ0) is 16.4. The Balaban J connectivity index is 0.00000208. The van der Waals surface area contributed by atoms with Crippen LogP contribution in [0.25, 0.3) is 0 Å². The van der Waals surface area contributed by atoms with Crippen molar-refractivity contribution in [2.45, 2.75) is 44.8 Å². The van der Waals surface area contributed by atoms with Gasteiger partial charge in [-0.2, -0.15) is 0 Å². The van der Waals surface area contributed by atoms with Gasteiger partial charge in [0, 0.05) is 37.2 Å². The number of amides is 1. The summed E-state index contributed by atoms with van der Waals surface area (Å²) in [7, 11) is 0. The number of aliphatic hydroxyl groups is 1. The number of likely N-dealkylation sites (tertiary alicyclic amines) is 1. The average molecular weight is 355 g/mol. The van der Waals surface area contributed by atoms with Crippen LogP contribution < -0.4 is 5.73 Å². The summed E-state index contributed by atoms with van der Waals surface area (Å²) in [4.78, 5) is 14.4. The molecule has 5 nitrogen and oxygen atoms in total. The lowest BCUT2D eigenvalue weighted by Crippen LogP contribution is -2.62. The fourth-order valence-electron chi connectivity index (χ4n) is 3.91. The van der Waals surface area contributed by atoms with E-state index in [1.165, 1.54) is 0 Å². The Hall–Kier alpha value is -1.30. The number of carbonyl (C=O) groups is 1. The van der Waals surface area contributed by atoms with Crippen LogP contribution in [0.1, 0.15) is 31.7 Å². The smallest absolute Gasteiger partial charge is 0.226 e. The number of benzene rings is 1. The van der Waals surface area contributed by atoms with Crippen LogP contribution in [0, 0.1) is 5.41 Å². The first-order valence-electron chi connectivity index (χ1n) is 8.47. The maximum absolute atomic E-state index is 12.5. The van der Waals surface area contributed by atoms with Crippen LogP contribution in [0.4, 0.5) is 5.69 Å². The maximum atomic E-state index is 12.5. The van der Waals surface area contributed by atoms with Crippen LogP contribution in [-0.4, -0.2) is 47.8 Å². The molecule has 134 valence electrons. The lowest BCUT2D eigenvalue weighted by molar-refractivity contribution is -0.210. The Labute approximate surface area is 149 Å². The third-order valence-electron chi connectivity index (χ3n) is 5.49. The fraction of sp³-hybridized carbons (Fsp3) is 0.611. The molecule has 3 rings (SSSR count). The van der Waals surface area contributed by atoms with Crippen LogP contribution in [0.5, 0.6) is 0 Å². The number of piperidine rings is 1. The SMILES string of the molecule is CCOC1CC(O)C12CCN(C(=O)Cc1ccc(N)cc1)CC2.Cl. The molecule has 24 heavy (non-hydrogen) atoms. The summed E-state index contributed by atoms with van der Waals surface area (Å²) in [5, 5.41) is 10.2. The summed E-state index contributed by atoms with van der Waals surface area (Å²) in [6.45, 7) is 4.07. The Bertz CT molecular complexity index is 554. The molecule has 1 saturated heterocycles. The van der Waals surface area contributed by atoms with Crippen LogP contribution in [0.15, 0.2) is 24.3 Å². The van der Waals surface area contributed by atoms with Crippen molar-refractivity contribution in [3.05, 3.63) is 29.8 Å². The lowest BCUT2D eigenvalue weighted by Gasteiger charge is -2.56. The predicted molar refractivity (Wildman–Crippen MR) is 96.1 cm³/mol. The number of hydrogen-bond donors (Lipinski definition) is 2. The third-order valence-corrected chi connectivity index (χ3v) is 5.49. The van der Waals surface area contributed by atoms with Gasteiger partial charge in [0.05, 0.1) is 18.6 Å². The molecule has 2 unspecified atom stereocenters. The maximum Gasteiger partial charge on any atom is 0.226 e. The van der Waals surface area contributed by atoms with E-state index in [9.17, 15) is 9.90 Å². The van der Waals surface area contributed by atoms with E-state index in [4.69, 9.17) is 10.5 Å². The van der Waals surface area contributed by atoms with E-state index in [0.717, 1.165) is 24.8 Å². The van der Waals surface area contributed by atoms with E-state index in [1.807, 2.05) is 36.1 Å². The van der Waals surface area contributed by atoms with E-state index < -0.39 is 0 Å². The highest BCUT2D eigenvalue weighted by Gasteiger charge is 2.56. The van der Waals surface area contributed by atoms with Gasteiger partial charge in [0.25, 0.3) is 0 Å². The van der Waals surface area contributed by atoms with Gasteiger partial charge in [-0.25, -0.2) is 0 Å². The summed E-state index contributed by atoms with van der Waals surface area (Å²) in [6.07, 6.45) is 2.65. The second-order valence-electron chi connectivity index (χ2n) is 6.73. The summed E-state index contributed by atoms with van der Waals surface area (Å²) in [6, 6.07) is 7.45. The highest BCUT2D eigenvalue weighted by molar-refractivity contribution is 5.85. The van der Waals surface area contributed by atoms with Gasteiger partial charge in [-0.15, -0.1) is 12.4 Å². The summed E-state index contributed by atoms with van der Waals surface area (Å²) < 4.78 is 5.77. The minimum atomic E-state index is -0.284. The topological polar surface area (TPSA) is 75.8 Å². The highest BCUT2D eigenvalue weighted by Crippen LogP contribution is 2.50. The molecule has 1 aliphatic heterocycles. The minimum Gasteiger partial charge on any atom is -0.399 e. The van der Waals surface area contributed by atoms with E-state index in [0.29, 0.717) is 31.8 Å². The van der Waals surface area contributed by atoms with E-state index in [2.05, 4.69) is 0 Å². The number of aliphatic hydroxyl groups excluding tert-OH is 1. The standard InChI is InChI=1S/C18H26N2O3.ClH/c1-2-23-16-12-15(21)18(16)7-9-20(10-8-18)17(22)11-13-3-5-14(19)6-4-13;/h3-6,15-16,21H,2,7-12,19H2,1H3;1H. The molecule has 2 aliphatic rings. The number of nitrogen functional groups attached to an aromatic ring is 1. The molecular weight excluding hydrogens is 328 g/mol. The molecule has 2 fully saturated rings. The Morgan fingerprint density at radius 1 is 1.33 bits per heavy atom. The second-order valence-corrected chi connectivity index (χ2v) is 6.73. The van der Waals surface area contributed by atoms with E-state index in [-0.39, 0.29) is 35.9 Å². The molecule has 1 aromatic carbocycles. The Kier molecular flexibility index (Phi) is 6.12. The molecule has 1 spiro atoms. The number of nitrogens with two attached hydrogens (primary N) is 1. The number of hydrogen-bond acceptors (Lipinski definition) is 4. The van der Waals surface area contributed by atoms with Crippen molar-refractivity contribution >= 4 is 24.0 Å². The van der Waals surface area contributed by atoms with Crippen molar-refractivity contribution in [2.75, 3.05) is 25.4 Å². The number of halogens is 1. The van der Waals surface area contributed by atoms with Crippen LogP contribution in [0.2, 0.25) is 0 Å². The van der Waals surface area contributed by atoms with Crippen molar-refractivity contribution in [1.29, 1.82) is 0 Å². The van der Waals surface area contributed by atoms with Crippen molar-refractivity contribution in [3.8, 4) is 0 Å². The first kappa shape index (κ1) is 19.0. The zero-order valence-electron chi connectivity index (χ0n) is 14.1. The predicted octanol–water partition coefficient (Wildman–Crippen LogP) is 2.01. The quantitative estimate of drug-likeness (QED) is 0.811. The summed E-state index contributed by atoms with van der Waals surface area (Å²) in [5.74, 6) is 0.145. The number of rotatable bonds is 4. The van der Waals surface area contributed by atoms with Crippen molar-refractivity contribution in [2.24, 2.45) is 5.41 Å². The fourth-order valence-corrected chi connectivity index (χ4v) is 3.91. The summed E-state index contributed by atoms with van der Waals surface area (Å²) in [5.41, 5.74) is 7.24. The van der Waals surface area contributed by atoms with Crippen LogP contribution in [-0.2, 0) is 16.0 Å². The second kappa shape index (κ2) is 7.72. The molecule has 2 atom stereocenters. The molecule has 1 aliphatic carbocycles. The van der Waals surface area contributed by atoms with Gasteiger partial charge < -0.3 is 20.5 Å². The van der Waals surface area contributed by atoms with Gasteiger partial charge in [0.2, 0.25) is 5.91 Å². The molecule has 3 N–H and O–H groups in total. The molecule has 0 bridgehead atoms. The highest BCUT2D eigenvalue weighted by atomic mass is 35.5. The monoisotopic (exact) mass is 354 g/mol. The third kappa shape index (κ3) is 3.53. The van der Waals surface area contributed by atoms with Gasteiger partial charge in [-0.3, -0.25) is 4.79 Å². The molecule has 1 aromatic rings.